The second-order valence-corrected chi connectivity index (χ2v) is 3.00. The van der Waals surface area contributed by atoms with Gasteiger partial charge in [-0.1, -0.05) is 0 Å². The molecule has 0 radical (unpaired) electrons. The van der Waals surface area contributed by atoms with E-state index < -0.39 is 16.1 Å². The van der Waals surface area contributed by atoms with Gasteiger partial charge in [0, 0.05) is 5.88 Å². The molecule has 0 rings (SSSR count). The SMILES string of the molecule is O=S(=O)([O-])COCCCl.[Na+]. The molecule has 0 bridgehead atoms. The van der Waals surface area contributed by atoms with Crippen molar-refractivity contribution in [2.24, 2.45) is 0 Å². The van der Waals surface area contributed by atoms with E-state index in [2.05, 4.69) is 4.74 Å². The van der Waals surface area contributed by atoms with Gasteiger partial charge in [-0.15, -0.1) is 11.6 Å². The molecule has 0 unspecified atom stereocenters. The average molecular weight is 197 g/mol. The molecule has 0 aromatic rings. The smallest absolute Gasteiger partial charge is 0.746 e. The number of alkyl halides is 1. The molecule has 10 heavy (non-hydrogen) atoms. The molecule has 4 nitrogen and oxygen atoms in total. The van der Waals surface area contributed by atoms with Crippen molar-refractivity contribution >= 4 is 21.7 Å². The van der Waals surface area contributed by atoms with Gasteiger partial charge in [-0.05, 0) is 0 Å². The van der Waals surface area contributed by atoms with Gasteiger partial charge >= 0.3 is 29.6 Å². The number of hydrogen-bond donors (Lipinski definition) is 0. The molecular weight excluding hydrogens is 191 g/mol. The van der Waals surface area contributed by atoms with Crippen LogP contribution in [0.2, 0.25) is 0 Å². The van der Waals surface area contributed by atoms with E-state index in [1.54, 1.807) is 0 Å². The van der Waals surface area contributed by atoms with Crippen molar-refractivity contribution in [2.75, 3.05) is 18.4 Å². The minimum Gasteiger partial charge on any atom is -0.746 e. The Morgan fingerprint density at radius 1 is 1.50 bits per heavy atom. The quantitative estimate of drug-likeness (QED) is 0.205. The fourth-order valence-electron chi connectivity index (χ4n) is 0.216. The normalized spacial score (nSPS) is 10.6. The van der Waals surface area contributed by atoms with Crippen molar-refractivity contribution in [3.05, 3.63) is 0 Å². The van der Waals surface area contributed by atoms with Crippen molar-refractivity contribution in [1.82, 2.24) is 0 Å². The van der Waals surface area contributed by atoms with Crippen LogP contribution >= 0.6 is 11.6 Å². The molecule has 0 saturated carbocycles. The van der Waals surface area contributed by atoms with E-state index in [4.69, 9.17) is 11.6 Å². The van der Waals surface area contributed by atoms with E-state index in [-0.39, 0.29) is 42.0 Å². The Hall–Kier alpha value is 1.16. The van der Waals surface area contributed by atoms with Gasteiger partial charge in [0.1, 0.15) is 16.1 Å². The van der Waals surface area contributed by atoms with Gasteiger partial charge in [0.2, 0.25) is 0 Å². The van der Waals surface area contributed by atoms with Crippen LogP contribution in [0.5, 0.6) is 0 Å². The molecule has 0 fully saturated rings. The first-order valence-electron chi connectivity index (χ1n) is 2.13. The van der Waals surface area contributed by atoms with Crippen molar-refractivity contribution in [3.8, 4) is 0 Å². The zero-order chi connectivity index (χ0) is 7.33. The molecule has 7 heteroatoms. The summed E-state index contributed by atoms with van der Waals surface area (Å²) in [6, 6.07) is 0. The standard InChI is InChI=1S/C3H7ClO4S.Na/c4-1-2-8-3-9(5,6)7;/h1-3H2,(H,5,6,7);/q;+1/p-1. The maximum atomic E-state index is 9.78. The third-order valence-corrected chi connectivity index (χ3v) is 1.06. The predicted octanol–water partition coefficient (Wildman–Crippen LogP) is -3.25. The minimum absolute atomic E-state index is 0. The topological polar surface area (TPSA) is 66.4 Å². The first-order chi connectivity index (χ1) is 4.06. The summed E-state index contributed by atoms with van der Waals surface area (Å²) in [6.45, 7) is 0.0863. The molecule has 0 atom stereocenters. The van der Waals surface area contributed by atoms with Gasteiger partial charge in [-0.3, -0.25) is 0 Å². The number of ether oxygens (including phenoxy) is 1. The van der Waals surface area contributed by atoms with E-state index in [0.717, 1.165) is 0 Å². The Labute approximate surface area is 86.9 Å². The monoisotopic (exact) mass is 196 g/mol. The Bertz CT molecular complexity index is 156. The molecule has 0 N–H and O–H groups in total. The van der Waals surface area contributed by atoms with Gasteiger partial charge in [0.25, 0.3) is 0 Å². The van der Waals surface area contributed by atoms with Crippen molar-refractivity contribution in [1.29, 1.82) is 0 Å². The summed E-state index contributed by atoms with van der Waals surface area (Å²) < 4.78 is 33.7. The Balaban J connectivity index is 0. The third-order valence-electron chi connectivity index (χ3n) is 0.449. The van der Waals surface area contributed by atoms with Crippen molar-refractivity contribution < 1.29 is 47.3 Å². The number of hydrogen-bond acceptors (Lipinski definition) is 4. The average Bonchev–Trinajstić information content (AvgIpc) is 1.63. The molecular formula is C3H6ClNaO4S. The van der Waals surface area contributed by atoms with Crippen LogP contribution in [0.15, 0.2) is 0 Å². The van der Waals surface area contributed by atoms with Crippen molar-refractivity contribution in [2.45, 2.75) is 0 Å². The Morgan fingerprint density at radius 3 is 2.30 bits per heavy atom. The summed E-state index contributed by atoms with van der Waals surface area (Å²) in [5, 5.41) is 0. The van der Waals surface area contributed by atoms with Crippen LogP contribution in [-0.2, 0) is 14.9 Å². The minimum atomic E-state index is -4.23. The zero-order valence-electron chi connectivity index (χ0n) is 5.54. The van der Waals surface area contributed by atoms with Gasteiger partial charge in [0.05, 0.1) is 6.61 Å². The maximum Gasteiger partial charge on any atom is 1.00 e. The van der Waals surface area contributed by atoms with E-state index in [9.17, 15) is 13.0 Å². The van der Waals surface area contributed by atoms with E-state index in [1.807, 2.05) is 0 Å². The van der Waals surface area contributed by atoms with E-state index in [0.29, 0.717) is 0 Å². The summed E-state index contributed by atoms with van der Waals surface area (Å²) in [5.74, 6) is -0.602. The van der Waals surface area contributed by atoms with Crippen molar-refractivity contribution in [3.63, 3.8) is 0 Å². The summed E-state index contributed by atoms with van der Waals surface area (Å²) in [5.41, 5.74) is 0. The first kappa shape index (κ1) is 13.7. The fourth-order valence-corrected chi connectivity index (χ4v) is 0.647. The molecule has 0 amide bonds. The molecule has 0 aliphatic heterocycles. The summed E-state index contributed by atoms with van der Waals surface area (Å²) in [7, 11) is -4.23. The van der Waals surface area contributed by atoms with Crippen LogP contribution in [0.3, 0.4) is 0 Å². The van der Waals surface area contributed by atoms with Gasteiger partial charge in [0.15, 0.2) is 0 Å². The van der Waals surface area contributed by atoms with E-state index in [1.165, 1.54) is 0 Å². The van der Waals surface area contributed by atoms with Crippen LogP contribution in [0.4, 0.5) is 0 Å². The Morgan fingerprint density at radius 2 is 2.00 bits per heavy atom. The zero-order valence-corrected chi connectivity index (χ0v) is 9.11. The Kier molecular flexibility index (Phi) is 9.40. The molecule has 56 valence electrons. The van der Waals surface area contributed by atoms with E-state index >= 15 is 0 Å². The molecule has 0 aromatic heterocycles. The molecule has 0 aliphatic carbocycles. The van der Waals surface area contributed by atoms with Crippen LogP contribution in [0.1, 0.15) is 0 Å². The van der Waals surface area contributed by atoms with Crippen LogP contribution in [0.25, 0.3) is 0 Å². The molecule has 0 spiro atoms. The second-order valence-electron chi connectivity index (χ2n) is 1.27. The largest absolute Gasteiger partial charge is 1.00 e. The summed E-state index contributed by atoms with van der Waals surface area (Å²) in [4.78, 5) is 0. The number of halogens is 1. The van der Waals surface area contributed by atoms with Gasteiger partial charge < -0.3 is 9.29 Å². The summed E-state index contributed by atoms with van der Waals surface area (Å²) in [6.07, 6.45) is 0. The summed E-state index contributed by atoms with van der Waals surface area (Å²) >= 11 is 5.11. The molecule has 0 heterocycles. The fraction of sp³-hybridized carbons (Fsp3) is 1.00. The second kappa shape index (κ2) is 6.84. The van der Waals surface area contributed by atoms with Crippen LogP contribution < -0.4 is 29.6 Å². The molecule has 0 saturated heterocycles. The van der Waals surface area contributed by atoms with Gasteiger partial charge in [-0.2, -0.15) is 0 Å². The van der Waals surface area contributed by atoms with Crippen LogP contribution in [-0.4, -0.2) is 31.4 Å². The third kappa shape index (κ3) is 11.9. The number of rotatable bonds is 4. The maximum absolute atomic E-state index is 9.78. The molecule has 0 aromatic carbocycles. The first-order valence-corrected chi connectivity index (χ1v) is 4.25. The predicted molar refractivity (Wildman–Crippen MR) is 31.2 cm³/mol. The van der Waals surface area contributed by atoms with Gasteiger partial charge in [-0.25, -0.2) is 8.42 Å². The molecule has 0 aliphatic rings. The van der Waals surface area contributed by atoms with Crippen LogP contribution in [0, 0.1) is 0 Å².